The van der Waals surface area contributed by atoms with E-state index >= 15 is 0 Å². The number of β-amino-alcohol motifs (C(OH)–C–C–N with tert-alkyl or cyclic N) is 1. The molecule has 0 aliphatic carbocycles. The van der Waals surface area contributed by atoms with E-state index in [1.165, 1.54) is 0 Å². The molecule has 1 aliphatic rings. The van der Waals surface area contributed by atoms with E-state index in [2.05, 4.69) is 10.3 Å². The Balaban J connectivity index is 1.94. The first kappa shape index (κ1) is 14.7. The molecule has 1 aromatic rings. The number of aliphatic imine (C=N–C) groups is 1. The van der Waals surface area contributed by atoms with Gasteiger partial charge in [0, 0.05) is 18.8 Å². The van der Waals surface area contributed by atoms with Crippen LogP contribution >= 0.6 is 0 Å². The lowest BCUT2D eigenvalue weighted by atomic mass is 10.1. The highest BCUT2D eigenvalue weighted by atomic mass is 16.3. The van der Waals surface area contributed by atoms with Gasteiger partial charge in [-0.2, -0.15) is 0 Å². The maximum absolute atomic E-state index is 10.1. The molecule has 0 bridgehead atoms. The summed E-state index contributed by atoms with van der Waals surface area (Å²) in [6.07, 6.45) is 1.39. The summed E-state index contributed by atoms with van der Waals surface area (Å²) in [5, 5.41) is 22.6. The highest BCUT2D eigenvalue weighted by Gasteiger charge is 2.30. The number of rotatable bonds is 3. The van der Waals surface area contributed by atoms with Gasteiger partial charge in [-0.25, -0.2) is 0 Å². The average molecular weight is 277 g/mol. The fraction of sp³-hybridized carbons (Fsp3) is 0.533. The Labute approximate surface area is 120 Å². The molecule has 0 saturated carbocycles. The first-order valence-corrected chi connectivity index (χ1v) is 6.86. The summed E-state index contributed by atoms with van der Waals surface area (Å²) < 4.78 is 0. The van der Waals surface area contributed by atoms with Gasteiger partial charge in [-0.1, -0.05) is 0 Å². The number of aromatic hydroxyl groups is 1. The number of benzene rings is 1. The Morgan fingerprint density at radius 3 is 2.50 bits per heavy atom. The maximum Gasteiger partial charge on any atom is 0.115 e. The number of phenols is 1. The van der Waals surface area contributed by atoms with Crippen molar-refractivity contribution in [3.63, 3.8) is 0 Å². The van der Waals surface area contributed by atoms with E-state index in [0.29, 0.717) is 13.1 Å². The molecule has 1 fully saturated rings. The van der Waals surface area contributed by atoms with Crippen molar-refractivity contribution in [2.75, 3.05) is 18.4 Å². The van der Waals surface area contributed by atoms with Crippen LogP contribution in [-0.4, -0.2) is 52.2 Å². The molecule has 1 aromatic carbocycles. The minimum atomic E-state index is -0.435. The lowest BCUT2D eigenvalue weighted by Crippen LogP contribution is -2.32. The number of nitrogens with zero attached hydrogens (tertiary/aromatic N) is 2. The Hall–Kier alpha value is -1.75. The minimum Gasteiger partial charge on any atom is -0.508 e. The number of likely N-dealkylation sites (tertiary alicyclic amines) is 1. The normalized spacial score (nSPS) is 23.5. The van der Waals surface area contributed by atoms with Crippen LogP contribution in [0.3, 0.4) is 0 Å². The Kier molecular flexibility index (Phi) is 4.18. The Bertz CT molecular complexity index is 465. The monoisotopic (exact) mass is 277 g/mol. The number of nitrogens with one attached hydrogen (secondary N) is 1. The number of phenolic OH excluding ortho intramolecular Hbond substituents is 1. The van der Waals surface area contributed by atoms with Gasteiger partial charge in [-0.05, 0) is 45.0 Å². The van der Waals surface area contributed by atoms with E-state index in [1.54, 1.807) is 24.3 Å². The average Bonchev–Trinajstić information content (AvgIpc) is 2.70. The highest BCUT2D eigenvalue weighted by Crippen LogP contribution is 2.18. The molecule has 1 heterocycles. The van der Waals surface area contributed by atoms with Gasteiger partial charge in [0.1, 0.15) is 5.75 Å². The number of aliphatic hydroxyl groups excluding tert-OH is 1. The van der Waals surface area contributed by atoms with Gasteiger partial charge in [0.25, 0.3) is 0 Å². The van der Waals surface area contributed by atoms with Crippen molar-refractivity contribution < 1.29 is 10.2 Å². The third-order valence-corrected chi connectivity index (χ3v) is 3.14. The fourth-order valence-electron chi connectivity index (χ4n) is 2.08. The van der Waals surface area contributed by atoms with Gasteiger partial charge in [0.15, 0.2) is 0 Å². The van der Waals surface area contributed by atoms with Crippen LogP contribution in [0.15, 0.2) is 29.3 Å². The zero-order valence-electron chi connectivity index (χ0n) is 12.2. The van der Waals surface area contributed by atoms with Crippen LogP contribution in [0, 0.1) is 0 Å². The standard InChI is InChI=1S/C15H23N3O2/c1-15(2,3)16-10-18-8-13(14(20)9-18)17-11-4-6-12(19)7-5-11/h4-7,10,13-14,17,19-20H,8-9H2,1-3H3. The first-order chi connectivity index (χ1) is 9.33. The third-order valence-electron chi connectivity index (χ3n) is 3.14. The Morgan fingerprint density at radius 1 is 1.25 bits per heavy atom. The minimum absolute atomic E-state index is 0.0361. The molecule has 2 atom stereocenters. The second-order valence-electron chi connectivity index (χ2n) is 6.23. The molecule has 2 unspecified atom stereocenters. The number of aliphatic hydroxyl groups is 1. The summed E-state index contributed by atoms with van der Waals surface area (Å²) in [5.74, 6) is 0.237. The van der Waals surface area contributed by atoms with Crippen molar-refractivity contribution in [1.82, 2.24) is 4.90 Å². The van der Waals surface area contributed by atoms with Crippen LogP contribution in [-0.2, 0) is 0 Å². The summed E-state index contributed by atoms with van der Waals surface area (Å²) in [6.45, 7) is 7.42. The molecule has 5 heteroatoms. The van der Waals surface area contributed by atoms with Gasteiger partial charge >= 0.3 is 0 Å². The van der Waals surface area contributed by atoms with Crippen molar-refractivity contribution >= 4 is 12.0 Å². The smallest absolute Gasteiger partial charge is 0.115 e. The van der Waals surface area contributed by atoms with Crippen LogP contribution in [0.2, 0.25) is 0 Å². The van der Waals surface area contributed by atoms with E-state index in [-0.39, 0.29) is 17.3 Å². The van der Waals surface area contributed by atoms with E-state index in [1.807, 2.05) is 32.0 Å². The van der Waals surface area contributed by atoms with Gasteiger partial charge in [-0.3, -0.25) is 4.99 Å². The molecule has 1 aliphatic heterocycles. The highest BCUT2D eigenvalue weighted by molar-refractivity contribution is 5.57. The van der Waals surface area contributed by atoms with E-state index in [4.69, 9.17) is 0 Å². The van der Waals surface area contributed by atoms with Crippen LogP contribution in [0.4, 0.5) is 5.69 Å². The number of anilines is 1. The van der Waals surface area contributed by atoms with Crippen molar-refractivity contribution in [3.05, 3.63) is 24.3 Å². The van der Waals surface area contributed by atoms with Gasteiger partial charge in [0.05, 0.1) is 24.0 Å². The number of hydrogen-bond donors (Lipinski definition) is 3. The van der Waals surface area contributed by atoms with Gasteiger partial charge in [-0.15, -0.1) is 0 Å². The first-order valence-electron chi connectivity index (χ1n) is 6.86. The van der Waals surface area contributed by atoms with Crippen LogP contribution in [0.5, 0.6) is 5.75 Å². The molecular formula is C15H23N3O2. The zero-order chi connectivity index (χ0) is 14.8. The lowest BCUT2D eigenvalue weighted by Gasteiger charge is -2.17. The largest absolute Gasteiger partial charge is 0.508 e. The molecule has 2 rings (SSSR count). The number of hydrogen-bond acceptors (Lipinski definition) is 4. The molecule has 3 N–H and O–H groups in total. The second kappa shape index (κ2) is 5.71. The maximum atomic E-state index is 10.1. The Morgan fingerprint density at radius 2 is 1.90 bits per heavy atom. The van der Waals surface area contributed by atoms with E-state index in [9.17, 15) is 10.2 Å². The predicted molar refractivity (Wildman–Crippen MR) is 81.3 cm³/mol. The van der Waals surface area contributed by atoms with Crippen LogP contribution in [0.1, 0.15) is 20.8 Å². The summed E-state index contributed by atoms with van der Waals surface area (Å²) in [5.41, 5.74) is 0.786. The van der Waals surface area contributed by atoms with Crippen LogP contribution < -0.4 is 5.32 Å². The second-order valence-corrected chi connectivity index (χ2v) is 6.23. The quantitative estimate of drug-likeness (QED) is 0.447. The summed E-state index contributed by atoms with van der Waals surface area (Å²) in [7, 11) is 0. The van der Waals surface area contributed by atoms with Gasteiger partial charge < -0.3 is 20.4 Å². The van der Waals surface area contributed by atoms with Gasteiger partial charge in [0.2, 0.25) is 0 Å². The zero-order valence-corrected chi connectivity index (χ0v) is 12.2. The van der Waals surface area contributed by atoms with E-state index in [0.717, 1.165) is 5.69 Å². The van der Waals surface area contributed by atoms with Crippen molar-refractivity contribution in [3.8, 4) is 5.75 Å². The summed E-state index contributed by atoms with van der Waals surface area (Å²) in [6, 6.07) is 6.82. The van der Waals surface area contributed by atoms with Crippen molar-refractivity contribution in [2.45, 2.75) is 38.5 Å². The molecule has 20 heavy (non-hydrogen) atoms. The predicted octanol–water partition coefficient (Wildman–Crippen LogP) is 1.68. The molecule has 110 valence electrons. The molecular weight excluding hydrogens is 254 g/mol. The van der Waals surface area contributed by atoms with Crippen molar-refractivity contribution in [1.29, 1.82) is 0 Å². The van der Waals surface area contributed by atoms with E-state index < -0.39 is 6.10 Å². The fourth-order valence-corrected chi connectivity index (χ4v) is 2.08. The molecule has 0 radical (unpaired) electrons. The molecule has 1 saturated heterocycles. The summed E-state index contributed by atoms with van der Waals surface area (Å²) in [4.78, 5) is 6.48. The third kappa shape index (κ3) is 4.13. The van der Waals surface area contributed by atoms with Crippen LogP contribution in [0.25, 0.3) is 0 Å². The topological polar surface area (TPSA) is 68.1 Å². The SMILES string of the molecule is CC(C)(C)N=CN1CC(O)C(Nc2ccc(O)cc2)C1. The molecule has 5 nitrogen and oxygen atoms in total. The molecule has 0 amide bonds. The molecule has 0 aromatic heterocycles. The molecule has 0 spiro atoms. The lowest BCUT2D eigenvalue weighted by molar-refractivity contribution is 0.179. The summed E-state index contributed by atoms with van der Waals surface area (Å²) >= 11 is 0. The van der Waals surface area contributed by atoms with Crippen molar-refractivity contribution in [2.24, 2.45) is 4.99 Å².